The summed E-state index contributed by atoms with van der Waals surface area (Å²) in [5, 5.41) is 12.7. The number of nitrogens with zero attached hydrogens (tertiary/aromatic N) is 5. The van der Waals surface area contributed by atoms with Crippen LogP contribution in [0.3, 0.4) is 0 Å². The Hall–Kier alpha value is -3.72. The van der Waals surface area contributed by atoms with Crippen molar-refractivity contribution in [3.05, 3.63) is 71.2 Å². The number of ether oxygens (including phenoxy) is 3. The molecule has 0 saturated heterocycles. The van der Waals surface area contributed by atoms with E-state index < -0.39 is 0 Å². The molecule has 0 aliphatic carbocycles. The minimum absolute atomic E-state index is 0.105. The lowest BCUT2D eigenvalue weighted by Gasteiger charge is -2.24. The van der Waals surface area contributed by atoms with Crippen molar-refractivity contribution in [2.75, 3.05) is 14.2 Å². The van der Waals surface area contributed by atoms with Crippen LogP contribution in [0.5, 0.6) is 11.5 Å². The van der Waals surface area contributed by atoms with Gasteiger partial charge in [-0.3, -0.25) is 0 Å². The fraction of sp³-hybridized carbons (Fsp3) is 0.304. The maximum absolute atomic E-state index is 6.08. The number of benzene rings is 2. The molecule has 1 aliphatic rings. The van der Waals surface area contributed by atoms with Gasteiger partial charge in [0.2, 0.25) is 11.7 Å². The van der Waals surface area contributed by atoms with Crippen LogP contribution in [0.2, 0.25) is 0 Å². The molecule has 0 fully saturated rings. The molecule has 9 heteroatoms. The first-order valence-electron chi connectivity index (χ1n) is 10.4. The molecule has 0 saturated carbocycles. The van der Waals surface area contributed by atoms with Gasteiger partial charge in [-0.05, 0) is 41.8 Å². The van der Waals surface area contributed by atoms with Gasteiger partial charge in [-0.2, -0.15) is 4.98 Å². The quantitative estimate of drug-likeness (QED) is 0.437. The Balaban J connectivity index is 1.27. The van der Waals surface area contributed by atoms with Crippen LogP contribution in [-0.4, -0.2) is 39.4 Å². The number of rotatable bonds is 7. The Bertz CT molecular complexity index is 1200. The van der Waals surface area contributed by atoms with Crippen LogP contribution in [0.15, 0.2) is 53.1 Å². The summed E-state index contributed by atoms with van der Waals surface area (Å²) in [6, 6.07) is 15.8. The highest BCUT2D eigenvalue weighted by Gasteiger charge is 2.27. The smallest absolute Gasteiger partial charge is 0.227 e. The molecule has 164 valence electrons. The summed E-state index contributed by atoms with van der Waals surface area (Å²) in [7, 11) is 3.31. The second-order valence-electron chi connectivity index (χ2n) is 7.50. The van der Waals surface area contributed by atoms with E-state index >= 15 is 0 Å². The second-order valence-corrected chi connectivity index (χ2v) is 7.50. The van der Waals surface area contributed by atoms with Crippen molar-refractivity contribution in [2.24, 2.45) is 0 Å². The Kier molecular flexibility index (Phi) is 5.55. The lowest BCUT2D eigenvalue weighted by Crippen LogP contribution is -2.22. The van der Waals surface area contributed by atoms with E-state index in [-0.39, 0.29) is 6.10 Å². The number of fused-ring (bicyclic) bond motifs is 1. The van der Waals surface area contributed by atoms with Crippen molar-refractivity contribution in [3.8, 4) is 23.0 Å². The molecule has 3 heterocycles. The van der Waals surface area contributed by atoms with E-state index in [0.29, 0.717) is 37.0 Å². The molecule has 5 rings (SSSR count). The van der Waals surface area contributed by atoms with Gasteiger partial charge in [0.25, 0.3) is 0 Å². The SMILES string of the molecule is COc1ccc([C@@H]2Cn3nnc(-c4noc(CCc5cccc(OC)c5)n4)c3CO2)cc1. The molecule has 0 radical (unpaired) electrons. The van der Waals surface area contributed by atoms with E-state index in [4.69, 9.17) is 18.7 Å². The molecular weight excluding hydrogens is 410 g/mol. The standard InChI is InChI=1S/C23H23N5O4/c1-29-17-9-7-16(8-10-17)20-13-28-19(14-31-20)22(25-27-28)23-24-21(32-26-23)11-6-15-4-3-5-18(12-15)30-2/h3-5,7-10,12,20H,6,11,13-14H2,1-2H3/t20-/m0/s1. The van der Waals surface area contributed by atoms with Gasteiger partial charge in [-0.15, -0.1) is 5.10 Å². The van der Waals surface area contributed by atoms with Crippen LogP contribution in [0.4, 0.5) is 0 Å². The summed E-state index contributed by atoms with van der Waals surface area (Å²) in [6.07, 6.45) is 1.29. The Morgan fingerprint density at radius 1 is 1.03 bits per heavy atom. The monoisotopic (exact) mass is 433 g/mol. The highest BCUT2D eigenvalue weighted by molar-refractivity contribution is 5.51. The molecule has 0 amide bonds. The van der Waals surface area contributed by atoms with Gasteiger partial charge in [-0.25, -0.2) is 4.68 Å². The van der Waals surface area contributed by atoms with E-state index in [1.54, 1.807) is 14.2 Å². The zero-order valence-corrected chi connectivity index (χ0v) is 17.9. The van der Waals surface area contributed by atoms with Crippen LogP contribution in [-0.2, 0) is 30.7 Å². The molecule has 4 aromatic rings. The Morgan fingerprint density at radius 2 is 1.88 bits per heavy atom. The number of hydrogen-bond acceptors (Lipinski definition) is 8. The fourth-order valence-corrected chi connectivity index (χ4v) is 3.74. The van der Waals surface area contributed by atoms with Crippen molar-refractivity contribution >= 4 is 0 Å². The predicted octanol–water partition coefficient (Wildman–Crippen LogP) is 3.40. The van der Waals surface area contributed by atoms with Gasteiger partial charge in [0.05, 0.1) is 33.1 Å². The van der Waals surface area contributed by atoms with Gasteiger partial charge in [0.1, 0.15) is 17.6 Å². The lowest BCUT2D eigenvalue weighted by molar-refractivity contribution is -0.00114. The number of methoxy groups -OCH3 is 2. The zero-order valence-electron chi connectivity index (χ0n) is 17.9. The molecule has 1 aliphatic heterocycles. The summed E-state index contributed by atoms with van der Waals surface area (Å²) >= 11 is 0. The number of aromatic nitrogens is 5. The van der Waals surface area contributed by atoms with Crippen LogP contribution in [0.25, 0.3) is 11.5 Å². The zero-order chi connectivity index (χ0) is 21.9. The number of hydrogen-bond donors (Lipinski definition) is 0. The average Bonchev–Trinajstić information content (AvgIpc) is 3.49. The van der Waals surface area contributed by atoms with Gasteiger partial charge in [0.15, 0.2) is 5.69 Å². The van der Waals surface area contributed by atoms with E-state index in [0.717, 1.165) is 34.7 Å². The third-order valence-electron chi connectivity index (χ3n) is 5.53. The van der Waals surface area contributed by atoms with Crippen LogP contribution >= 0.6 is 0 Å². The summed E-state index contributed by atoms with van der Waals surface area (Å²) < 4.78 is 23.9. The van der Waals surface area contributed by atoms with Gasteiger partial charge in [-0.1, -0.05) is 34.6 Å². The third-order valence-corrected chi connectivity index (χ3v) is 5.53. The minimum atomic E-state index is -0.105. The summed E-state index contributed by atoms with van der Waals surface area (Å²) in [4.78, 5) is 4.52. The Labute approximate surface area is 184 Å². The highest BCUT2D eigenvalue weighted by Crippen LogP contribution is 2.30. The fourth-order valence-electron chi connectivity index (χ4n) is 3.74. The van der Waals surface area contributed by atoms with Crippen molar-refractivity contribution in [2.45, 2.75) is 32.1 Å². The number of aryl methyl sites for hydroxylation is 2. The van der Waals surface area contributed by atoms with Crippen molar-refractivity contribution in [1.82, 2.24) is 25.1 Å². The topological polar surface area (TPSA) is 97.3 Å². The molecule has 1 atom stereocenters. The predicted molar refractivity (Wildman–Crippen MR) is 114 cm³/mol. The van der Waals surface area contributed by atoms with E-state index in [1.807, 2.05) is 53.2 Å². The molecule has 2 aromatic heterocycles. The summed E-state index contributed by atoms with van der Waals surface area (Å²) in [5.41, 5.74) is 3.64. The molecule has 0 unspecified atom stereocenters. The van der Waals surface area contributed by atoms with Crippen LogP contribution in [0, 0.1) is 0 Å². The summed E-state index contributed by atoms with van der Waals surface area (Å²) in [5.74, 6) is 2.63. The molecule has 0 spiro atoms. The molecular formula is C23H23N5O4. The van der Waals surface area contributed by atoms with Crippen molar-refractivity contribution < 1.29 is 18.7 Å². The van der Waals surface area contributed by atoms with Crippen molar-refractivity contribution in [1.29, 1.82) is 0 Å². The van der Waals surface area contributed by atoms with Gasteiger partial charge >= 0.3 is 0 Å². The van der Waals surface area contributed by atoms with Gasteiger partial charge in [0, 0.05) is 6.42 Å². The van der Waals surface area contributed by atoms with E-state index in [1.165, 1.54) is 0 Å². The molecule has 0 N–H and O–H groups in total. The first kappa shape index (κ1) is 20.2. The summed E-state index contributed by atoms with van der Waals surface area (Å²) in [6.45, 7) is 0.932. The Morgan fingerprint density at radius 3 is 2.69 bits per heavy atom. The molecule has 0 bridgehead atoms. The van der Waals surface area contributed by atoms with Crippen LogP contribution in [0.1, 0.15) is 28.8 Å². The third kappa shape index (κ3) is 4.06. The van der Waals surface area contributed by atoms with E-state index in [9.17, 15) is 0 Å². The van der Waals surface area contributed by atoms with E-state index in [2.05, 4.69) is 20.5 Å². The maximum Gasteiger partial charge on any atom is 0.227 e. The highest BCUT2D eigenvalue weighted by atomic mass is 16.5. The first-order valence-corrected chi connectivity index (χ1v) is 10.4. The van der Waals surface area contributed by atoms with Crippen LogP contribution < -0.4 is 9.47 Å². The van der Waals surface area contributed by atoms with Crippen molar-refractivity contribution in [3.63, 3.8) is 0 Å². The largest absolute Gasteiger partial charge is 0.497 e. The normalized spacial score (nSPS) is 15.4. The minimum Gasteiger partial charge on any atom is -0.497 e. The van der Waals surface area contributed by atoms with Gasteiger partial charge < -0.3 is 18.7 Å². The molecule has 9 nitrogen and oxygen atoms in total. The maximum atomic E-state index is 6.08. The second kappa shape index (κ2) is 8.80. The molecule has 2 aromatic carbocycles. The molecule has 32 heavy (non-hydrogen) atoms. The first-order chi connectivity index (χ1) is 15.7. The average molecular weight is 433 g/mol. The lowest BCUT2D eigenvalue weighted by atomic mass is 10.1.